The lowest BCUT2D eigenvalue weighted by Gasteiger charge is -2.28. The Bertz CT molecular complexity index is 472. The second-order valence-electron chi connectivity index (χ2n) is 5.85. The fourth-order valence-electron chi connectivity index (χ4n) is 2.79. The zero-order valence-electron chi connectivity index (χ0n) is 13.2. The van der Waals surface area contributed by atoms with Crippen LogP contribution in [0.1, 0.15) is 38.3 Å². The van der Waals surface area contributed by atoms with Crippen LogP contribution < -0.4 is 10.6 Å². The Labute approximate surface area is 126 Å². The van der Waals surface area contributed by atoms with Gasteiger partial charge in [0.15, 0.2) is 0 Å². The number of carbonyl (C=O) groups excluding carboxylic acids is 1. The normalized spacial score (nSPS) is 22.0. The first-order chi connectivity index (χ1) is 10.1. The van der Waals surface area contributed by atoms with E-state index in [4.69, 9.17) is 4.74 Å². The van der Waals surface area contributed by atoms with Crippen LogP contribution in [-0.2, 0) is 11.8 Å². The van der Waals surface area contributed by atoms with Gasteiger partial charge in [0.2, 0.25) is 0 Å². The second-order valence-corrected chi connectivity index (χ2v) is 5.85. The number of hydrogen-bond acceptors (Lipinski definition) is 3. The number of aromatic nitrogens is 2. The number of aryl methyl sites for hydroxylation is 2. The molecule has 2 amide bonds. The monoisotopic (exact) mass is 294 g/mol. The van der Waals surface area contributed by atoms with Crippen LogP contribution in [0.2, 0.25) is 0 Å². The van der Waals surface area contributed by atoms with Crippen molar-refractivity contribution in [1.82, 2.24) is 15.1 Å². The van der Waals surface area contributed by atoms with Gasteiger partial charge in [-0.15, -0.1) is 0 Å². The number of rotatable bonds is 5. The molecular weight excluding hydrogens is 268 g/mol. The molecule has 1 aliphatic rings. The van der Waals surface area contributed by atoms with Crippen molar-refractivity contribution < 1.29 is 9.53 Å². The molecule has 1 aromatic heterocycles. The van der Waals surface area contributed by atoms with Gasteiger partial charge in [0.05, 0.1) is 18.4 Å². The molecule has 1 fully saturated rings. The highest BCUT2D eigenvalue weighted by molar-refractivity contribution is 5.88. The summed E-state index contributed by atoms with van der Waals surface area (Å²) in [6.07, 6.45) is 5.30. The minimum Gasteiger partial charge on any atom is -0.376 e. The summed E-state index contributed by atoms with van der Waals surface area (Å²) in [4.78, 5) is 11.8. The van der Waals surface area contributed by atoms with E-state index in [-0.39, 0.29) is 6.03 Å². The molecule has 0 bridgehead atoms. The number of ether oxygens (including phenoxy) is 1. The van der Waals surface area contributed by atoms with E-state index >= 15 is 0 Å². The number of anilines is 1. The SMILES string of the molecule is Cc1cc(NC(=O)NCCO[C@H]2CCCC[C@@H]2C)n(C)n1. The molecule has 6 nitrogen and oxygen atoms in total. The van der Waals surface area contributed by atoms with E-state index in [0.717, 1.165) is 12.1 Å². The van der Waals surface area contributed by atoms with Crippen molar-refractivity contribution in [3.63, 3.8) is 0 Å². The number of hydrogen-bond donors (Lipinski definition) is 2. The number of urea groups is 1. The third-order valence-corrected chi connectivity index (χ3v) is 4.00. The summed E-state index contributed by atoms with van der Waals surface area (Å²) in [7, 11) is 1.80. The summed E-state index contributed by atoms with van der Waals surface area (Å²) in [5.74, 6) is 1.32. The fraction of sp³-hybridized carbons (Fsp3) is 0.733. The van der Waals surface area contributed by atoms with Crippen LogP contribution >= 0.6 is 0 Å². The van der Waals surface area contributed by atoms with E-state index in [0.29, 0.717) is 31.0 Å². The first kappa shape index (κ1) is 15.8. The molecule has 2 rings (SSSR count). The smallest absolute Gasteiger partial charge is 0.320 e. The Morgan fingerprint density at radius 3 is 2.90 bits per heavy atom. The van der Waals surface area contributed by atoms with Crippen LogP contribution in [0.3, 0.4) is 0 Å². The van der Waals surface area contributed by atoms with Crippen LogP contribution in [0.25, 0.3) is 0 Å². The average molecular weight is 294 g/mol. The van der Waals surface area contributed by atoms with Crippen molar-refractivity contribution >= 4 is 11.8 Å². The number of nitrogens with zero attached hydrogens (tertiary/aromatic N) is 2. The number of amides is 2. The lowest BCUT2D eigenvalue weighted by Crippen LogP contribution is -2.34. The largest absolute Gasteiger partial charge is 0.376 e. The van der Waals surface area contributed by atoms with E-state index in [2.05, 4.69) is 22.7 Å². The molecule has 0 aliphatic heterocycles. The van der Waals surface area contributed by atoms with Crippen molar-refractivity contribution in [3.8, 4) is 0 Å². The molecule has 21 heavy (non-hydrogen) atoms. The standard InChI is InChI=1S/C15H26N4O2/c1-11-6-4-5-7-13(11)21-9-8-16-15(20)17-14-10-12(2)18-19(14)3/h10-11,13H,4-9H2,1-3H3,(H2,16,17,20)/t11-,13-/m0/s1. The van der Waals surface area contributed by atoms with Gasteiger partial charge >= 0.3 is 6.03 Å². The van der Waals surface area contributed by atoms with E-state index in [1.54, 1.807) is 11.7 Å². The van der Waals surface area contributed by atoms with Gasteiger partial charge in [-0.2, -0.15) is 5.10 Å². The third kappa shape index (κ3) is 4.74. The summed E-state index contributed by atoms with van der Waals surface area (Å²) in [5.41, 5.74) is 0.877. The van der Waals surface area contributed by atoms with Crippen molar-refractivity contribution in [2.75, 3.05) is 18.5 Å². The highest BCUT2D eigenvalue weighted by Gasteiger charge is 2.21. The predicted octanol–water partition coefficient (Wildman–Crippen LogP) is 2.45. The first-order valence-electron chi connectivity index (χ1n) is 7.73. The van der Waals surface area contributed by atoms with E-state index in [1.165, 1.54) is 19.3 Å². The molecule has 1 saturated carbocycles. The molecule has 0 unspecified atom stereocenters. The van der Waals surface area contributed by atoms with Crippen LogP contribution in [0.15, 0.2) is 6.07 Å². The molecule has 118 valence electrons. The fourth-order valence-corrected chi connectivity index (χ4v) is 2.79. The molecule has 6 heteroatoms. The molecule has 0 spiro atoms. The summed E-state index contributed by atoms with van der Waals surface area (Å²) in [6, 6.07) is 1.61. The van der Waals surface area contributed by atoms with Crippen molar-refractivity contribution in [2.24, 2.45) is 13.0 Å². The maximum absolute atomic E-state index is 11.8. The highest BCUT2D eigenvalue weighted by Crippen LogP contribution is 2.25. The molecule has 2 atom stereocenters. The maximum atomic E-state index is 11.8. The Kier molecular flexibility index (Phi) is 5.61. The second kappa shape index (κ2) is 7.45. The van der Waals surface area contributed by atoms with Gasteiger partial charge < -0.3 is 10.1 Å². The maximum Gasteiger partial charge on any atom is 0.320 e. The molecule has 1 aromatic rings. The number of carbonyl (C=O) groups is 1. The Morgan fingerprint density at radius 2 is 2.24 bits per heavy atom. The van der Waals surface area contributed by atoms with Crippen LogP contribution in [-0.4, -0.2) is 35.1 Å². The predicted molar refractivity (Wildman–Crippen MR) is 82.3 cm³/mol. The molecule has 2 N–H and O–H groups in total. The van der Waals surface area contributed by atoms with Gasteiger partial charge in [-0.05, 0) is 25.7 Å². The van der Waals surface area contributed by atoms with Gasteiger partial charge in [0.25, 0.3) is 0 Å². The van der Waals surface area contributed by atoms with Gasteiger partial charge in [-0.1, -0.05) is 19.8 Å². The summed E-state index contributed by atoms with van der Waals surface area (Å²) in [6.45, 7) is 5.22. The molecule has 1 heterocycles. The number of nitrogens with one attached hydrogen (secondary N) is 2. The zero-order chi connectivity index (χ0) is 15.2. The van der Waals surface area contributed by atoms with E-state index in [1.807, 2.05) is 13.0 Å². The molecule has 0 aromatic carbocycles. The Balaban J connectivity index is 1.64. The Morgan fingerprint density at radius 1 is 1.48 bits per heavy atom. The minimum atomic E-state index is -0.224. The third-order valence-electron chi connectivity index (χ3n) is 4.00. The van der Waals surface area contributed by atoms with Gasteiger partial charge in [-0.3, -0.25) is 10.00 Å². The topological polar surface area (TPSA) is 68.2 Å². The minimum absolute atomic E-state index is 0.224. The van der Waals surface area contributed by atoms with Crippen LogP contribution in [0.4, 0.5) is 10.6 Å². The molecule has 0 saturated heterocycles. The highest BCUT2D eigenvalue weighted by atomic mass is 16.5. The van der Waals surface area contributed by atoms with Gasteiger partial charge in [-0.25, -0.2) is 4.79 Å². The summed E-state index contributed by atoms with van der Waals surface area (Å²) < 4.78 is 7.51. The lowest BCUT2D eigenvalue weighted by atomic mass is 9.88. The summed E-state index contributed by atoms with van der Waals surface area (Å²) >= 11 is 0. The van der Waals surface area contributed by atoms with Crippen molar-refractivity contribution in [2.45, 2.75) is 45.6 Å². The van der Waals surface area contributed by atoms with Gasteiger partial charge in [0.1, 0.15) is 5.82 Å². The lowest BCUT2D eigenvalue weighted by molar-refractivity contribution is -0.00232. The quantitative estimate of drug-likeness (QED) is 0.820. The van der Waals surface area contributed by atoms with Crippen molar-refractivity contribution in [1.29, 1.82) is 0 Å². The molecule has 1 aliphatic carbocycles. The first-order valence-corrected chi connectivity index (χ1v) is 7.73. The van der Waals surface area contributed by atoms with Crippen molar-refractivity contribution in [3.05, 3.63) is 11.8 Å². The van der Waals surface area contributed by atoms with E-state index < -0.39 is 0 Å². The summed E-state index contributed by atoms with van der Waals surface area (Å²) in [5, 5.41) is 9.76. The Hall–Kier alpha value is -1.56. The zero-order valence-corrected chi connectivity index (χ0v) is 13.2. The van der Waals surface area contributed by atoms with Gasteiger partial charge in [0, 0.05) is 19.7 Å². The van der Waals surface area contributed by atoms with Crippen LogP contribution in [0, 0.1) is 12.8 Å². The van der Waals surface area contributed by atoms with E-state index in [9.17, 15) is 4.79 Å². The molecule has 0 radical (unpaired) electrons. The van der Waals surface area contributed by atoms with Crippen LogP contribution in [0.5, 0.6) is 0 Å². The average Bonchev–Trinajstić information content (AvgIpc) is 2.75. The molecular formula is C15H26N4O2.